The van der Waals surface area contributed by atoms with Crippen LogP contribution in [0, 0.1) is 0 Å². The maximum atomic E-state index is 12.1. The van der Waals surface area contributed by atoms with Crippen LogP contribution in [0.1, 0.15) is 0 Å². The van der Waals surface area contributed by atoms with Crippen molar-refractivity contribution in [2.24, 2.45) is 0 Å². The predicted octanol–water partition coefficient (Wildman–Crippen LogP) is 1.93. The third-order valence-electron chi connectivity index (χ3n) is 2.29. The number of nitrogen functional groups attached to an aromatic ring is 1. The van der Waals surface area contributed by atoms with Crippen LogP contribution >= 0.6 is 15.9 Å². The standard InChI is InChI=1S/C11H10BrN3O3S/c12-11-4-1-7(6-14-11)15-19(17,18)8-2-3-10(16)9(13)5-8/h1-6,15-16H,13H2. The second kappa shape index (κ2) is 5.06. The summed E-state index contributed by atoms with van der Waals surface area (Å²) in [7, 11) is -3.76. The van der Waals surface area contributed by atoms with E-state index in [0.717, 1.165) is 0 Å². The van der Waals surface area contributed by atoms with E-state index in [0.29, 0.717) is 10.3 Å². The summed E-state index contributed by atoms with van der Waals surface area (Å²) in [5.41, 5.74) is 5.80. The van der Waals surface area contributed by atoms with Crippen molar-refractivity contribution < 1.29 is 13.5 Å². The number of anilines is 2. The normalized spacial score (nSPS) is 11.2. The number of sulfonamides is 1. The molecule has 8 heteroatoms. The fourth-order valence-corrected chi connectivity index (χ4v) is 2.66. The lowest BCUT2D eigenvalue weighted by molar-refractivity contribution is 0.477. The molecular formula is C11H10BrN3O3S. The van der Waals surface area contributed by atoms with Crippen molar-refractivity contribution in [1.29, 1.82) is 0 Å². The number of aromatic hydroxyl groups is 1. The Morgan fingerprint density at radius 3 is 2.58 bits per heavy atom. The summed E-state index contributed by atoms with van der Waals surface area (Å²) in [4.78, 5) is 3.88. The minimum Gasteiger partial charge on any atom is -0.506 e. The Hall–Kier alpha value is -1.80. The molecule has 1 aromatic heterocycles. The van der Waals surface area contributed by atoms with E-state index in [2.05, 4.69) is 25.6 Å². The zero-order chi connectivity index (χ0) is 14.0. The molecule has 0 bridgehead atoms. The highest BCUT2D eigenvalue weighted by atomic mass is 79.9. The Balaban J connectivity index is 2.32. The van der Waals surface area contributed by atoms with E-state index in [1.807, 2.05) is 0 Å². The quantitative estimate of drug-likeness (QED) is 0.448. The second-order valence-electron chi connectivity index (χ2n) is 3.70. The summed E-state index contributed by atoms with van der Waals surface area (Å²) in [6.45, 7) is 0. The van der Waals surface area contributed by atoms with E-state index in [9.17, 15) is 13.5 Å². The number of nitrogens with one attached hydrogen (secondary N) is 1. The molecule has 2 rings (SSSR count). The molecule has 4 N–H and O–H groups in total. The number of hydrogen-bond donors (Lipinski definition) is 3. The van der Waals surface area contributed by atoms with Gasteiger partial charge in [-0.05, 0) is 46.3 Å². The zero-order valence-corrected chi connectivity index (χ0v) is 11.9. The van der Waals surface area contributed by atoms with Crippen LogP contribution in [0.3, 0.4) is 0 Å². The van der Waals surface area contributed by atoms with Crippen molar-refractivity contribution in [3.05, 3.63) is 41.1 Å². The Labute approximate surface area is 118 Å². The van der Waals surface area contributed by atoms with Gasteiger partial charge in [0.25, 0.3) is 10.0 Å². The zero-order valence-electron chi connectivity index (χ0n) is 9.54. The van der Waals surface area contributed by atoms with Gasteiger partial charge in [-0.1, -0.05) is 0 Å². The van der Waals surface area contributed by atoms with Gasteiger partial charge < -0.3 is 10.8 Å². The summed E-state index contributed by atoms with van der Waals surface area (Å²) in [5.74, 6) is -0.163. The van der Waals surface area contributed by atoms with Crippen molar-refractivity contribution in [1.82, 2.24) is 4.98 Å². The first-order chi connectivity index (χ1) is 8.88. The van der Waals surface area contributed by atoms with Crippen LogP contribution in [0.15, 0.2) is 46.0 Å². The highest BCUT2D eigenvalue weighted by Gasteiger charge is 2.15. The summed E-state index contributed by atoms with van der Waals surface area (Å²) in [5, 5.41) is 9.27. The maximum absolute atomic E-state index is 12.1. The molecule has 0 aliphatic rings. The summed E-state index contributed by atoms with van der Waals surface area (Å²) in [6, 6.07) is 6.86. The molecule has 0 unspecified atom stereocenters. The number of hydrogen-bond acceptors (Lipinski definition) is 5. The molecule has 1 heterocycles. The van der Waals surface area contributed by atoms with Crippen molar-refractivity contribution in [2.45, 2.75) is 4.90 Å². The van der Waals surface area contributed by atoms with E-state index in [1.165, 1.54) is 24.4 Å². The van der Waals surface area contributed by atoms with Gasteiger partial charge in [0.15, 0.2) is 0 Å². The van der Waals surface area contributed by atoms with Gasteiger partial charge in [-0.15, -0.1) is 0 Å². The molecule has 2 aromatic rings. The third-order valence-corrected chi connectivity index (χ3v) is 4.14. The van der Waals surface area contributed by atoms with Gasteiger partial charge >= 0.3 is 0 Å². The molecule has 0 spiro atoms. The summed E-state index contributed by atoms with van der Waals surface area (Å²) in [6.07, 6.45) is 1.38. The van der Waals surface area contributed by atoms with Gasteiger partial charge in [-0.2, -0.15) is 0 Å². The van der Waals surface area contributed by atoms with Gasteiger partial charge in [-0.25, -0.2) is 13.4 Å². The average molecular weight is 344 g/mol. The highest BCUT2D eigenvalue weighted by Crippen LogP contribution is 2.24. The summed E-state index contributed by atoms with van der Waals surface area (Å²) < 4.78 is 27.1. The lowest BCUT2D eigenvalue weighted by Gasteiger charge is -2.08. The second-order valence-corrected chi connectivity index (χ2v) is 6.19. The van der Waals surface area contributed by atoms with Crippen molar-refractivity contribution >= 4 is 37.3 Å². The minimum atomic E-state index is -3.76. The van der Waals surface area contributed by atoms with Crippen LogP contribution < -0.4 is 10.5 Å². The maximum Gasteiger partial charge on any atom is 0.262 e. The Kier molecular flexibility index (Phi) is 3.63. The van der Waals surface area contributed by atoms with Gasteiger partial charge in [-0.3, -0.25) is 4.72 Å². The highest BCUT2D eigenvalue weighted by molar-refractivity contribution is 9.10. The molecule has 1 aromatic carbocycles. The van der Waals surface area contributed by atoms with Crippen molar-refractivity contribution in [3.63, 3.8) is 0 Å². The van der Waals surface area contributed by atoms with Crippen LogP contribution in [-0.2, 0) is 10.0 Å². The number of halogens is 1. The number of nitrogens with two attached hydrogens (primary N) is 1. The first-order valence-electron chi connectivity index (χ1n) is 5.11. The van der Waals surface area contributed by atoms with Gasteiger partial charge in [0.1, 0.15) is 10.4 Å². The SMILES string of the molecule is Nc1cc(S(=O)(=O)Nc2ccc(Br)nc2)ccc1O. The van der Waals surface area contributed by atoms with Crippen molar-refractivity contribution in [2.75, 3.05) is 10.5 Å². The smallest absolute Gasteiger partial charge is 0.262 e. The number of benzene rings is 1. The largest absolute Gasteiger partial charge is 0.506 e. The molecule has 0 saturated heterocycles. The summed E-state index contributed by atoms with van der Waals surface area (Å²) >= 11 is 3.15. The molecule has 0 radical (unpaired) electrons. The molecule has 0 aliphatic heterocycles. The first kappa shape index (κ1) is 13.6. The van der Waals surface area contributed by atoms with Crippen molar-refractivity contribution in [3.8, 4) is 5.75 Å². The number of phenolic OH excluding ortho intramolecular Hbond substituents is 1. The van der Waals surface area contributed by atoms with Crippen LogP contribution in [0.4, 0.5) is 11.4 Å². The molecule has 0 fully saturated rings. The van der Waals surface area contributed by atoms with E-state index in [1.54, 1.807) is 12.1 Å². The van der Waals surface area contributed by atoms with E-state index < -0.39 is 10.0 Å². The number of phenols is 1. The molecule has 0 amide bonds. The lowest BCUT2D eigenvalue weighted by atomic mass is 10.3. The number of nitrogens with zero attached hydrogens (tertiary/aromatic N) is 1. The Morgan fingerprint density at radius 1 is 1.26 bits per heavy atom. The number of rotatable bonds is 3. The topological polar surface area (TPSA) is 105 Å². The van der Waals surface area contributed by atoms with E-state index >= 15 is 0 Å². The first-order valence-corrected chi connectivity index (χ1v) is 7.39. The molecular weight excluding hydrogens is 334 g/mol. The molecule has 0 atom stereocenters. The van der Waals surface area contributed by atoms with Crippen LogP contribution in [-0.4, -0.2) is 18.5 Å². The fraction of sp³-hybridized carbons (Fsp3) is 0. The van der Waals surface area contributed by atoms with Gasteiger partial charge in [0, 0.05) is 0 Å². The average Bonchev–Trinajstić information content (AvgIpc) is 2.35. The molecule has 0 saturated carbocycles. The molecule has 0 aliphatic carbocycles. The molecule has 100 valence electrons. The van der Waals surface area contributed by atoms with Crippen LogP contribution in [0.5, 0.6) is 5.75 Å². The molecule has 19 heavy (non-hydrogen) atoms. The predicted molar refractivity (Wildman–Crippen MR) is 75.3 cm³/mol. The minimum absolute atomic E-state index is 0.00296. The Morgan fingerprint density at radius 2 is 2.00 bits per heavy atom. The lowest BCUT2D eigenvalue weighted by Crippen LogP contribution is -2.13. The molecule has 6 nitrogen and oxygen atoms in total. The van der Waals surface area contributed by atoms with Gasteiger partial charge in [0.05, 0.1) is 22.5 Å². The Bertz CT molecular complexity index is 702. The van der Waals surface area contributed by atoms with E-state index in [4.69, 9.17) is 5.73 Å². The number of pyridine rings is 1. The number of aromatic nitrogens is 1. The fourth-order valence-electron chi connectivity index (χ4n) is 1.35. The van der Waals surface area contributed by atoms with E-state index in [-0.39, 0.29) is 16.3 Å². The van der Waals surface area contributed by atoms with Gasteiger partial charge in [0.2, 0.25) is 0 Å². The monoisotopic (exact) mass is 343 g/mol. The third kappa shape index (κ3) is 3.15. The van der Waals surface area contributed by atoms with Crippen LogP contribution in [0.25, 0.3) is 0 Å². The van der Waals surface area contributed by atoms with Crippen LogP contribution in [0.2, 0.25) is 0 Å².